The largest absolute Gasteiger partial charge is 0.492 e. The Kier molecular flexibility index (Phi) is 8.73. The number of sulfonamides is 1. The monoisotopic (exact) mass is 532 g/mol. The molecule has 0 saturated carbocycles. The normalized spacial score (nSPS) is 19.9. The summed E-state index contributed by atoms with van der Waals surface area (Å²) >= 11 is 0. The van der Waals surface area contributed by atoms with Crippen LogP contribution in [0.15, 0.2) is 52.0 Å². The molecule has 0 bridgehead atoms. The molecule has 200 valence electrons. The Balaban J connectivity index is 0.000000454. The molecule has 0 amide bonds. The lowest BCUT2D eigenvalue weighted by Gasteiger charge is -2.45. The molecular weight excluding hydrogens is 501 g/mol. The molecule has 1 N–H and O–H groups in total. The highest BCUT2D eigenvalue weighted by molar-refractivity contribution is 7.89. The molecule has 1 fully saturated rings. The Hall–Kier alpha value is -2.57. The van der Waals surface area contributed by atoms with Crippen molar-refractivity contribution in [1.82, 2.24) is 9.21 Å². The molecule has 4 rings (SSSR count). The van der Waals surface area contributed by atoms with Gasteiger partial charge in [0.1, 0.15) is 16.4 Å². The zero-order valence-corrected chi connectivity index (χ0v) is 21.0. The van der Waals surface area contributed by atoms with Crippen molar-refractivity contribution in [3.05, 3.63) is 48.4 Å². The van der Waals surface area contributed by atoms with E-state index in [1.807, 2.05) is 18.2 Å². The van der Waals surface area contributed by atoms with E-state index in [4.69, 9.17) is 19.1 Å². The number of halogens is 3. The first-order chi connectivity index (χ1) is 16.8. The number of benzene rings is 1. The molecule has 1 saturated heterocycles. The van der Waals surface area contributed by atoms with Crippen LogP contribution in [-0.2, 0) is 21.4 Å². The Morgan fingerprint density at radius 2 is 1.78 bits per heavy atom. The minimum Gasteiger partial charge on any atom is -0.492 e. The lowest BCUT2D eigenvalue weighted by atomic mass is 9.78. The van der Waals surface area contributed by atoms with Crippen LogP contribution in [0.4, 0.5) is 13.2 Å². The van der Waals surface area contributed by atoms with E-state index in [0.29, 0.717) is 25.4 Å². The summed E-state index contributed by atoms with van der Waals surface area (Å²) in [6, 6.07) is 10.9. The fraction of sp³-hybridized carbons (Fsp3) is 0.542. The number of aliphatic carboxylic acids is 1. The quantitative estimate of drug-likeness (QED) is 0.629. The second kappa shape index (κ2) is 11.2. The number of fused-ring (bicyclic) bond motifs is 1. The van der Waals surface area contributed by atoms with E-state index < -0.39 is 22.2 Å². The maximum atomic E-state index is 13.4. The topological polar surface area (TPSA) is 100 Å². The van der Waals surface area contributed by atoms with Gasteiger partial charge in [0, 0.05) is 18.5 Å². The van der Waals surface area contributed by atoms with Crippen LogP contribution < -0.4 is 4.74 Å². The number of carboxylic acid groups (broad SMARTS) is 1. The van der Waals surface area contributed by atoms with E-state index in [-0.39, 0.29) is 16.2 Å². The molecule has 0 aliphatic carbocycles. The molecule has 0 unspecified atom stereocenters. The van der Waals surface area contributed by atoms with Gasteiger partial charge in [-0.3, -0.25) is 4.90 Å². The summed E-state index contributed by atoms with van der Waals surface area (Å²) in [4.78, 5) is 11.6. The average Bonchev–Trinajstić information content (AvgIpc) is 3.31. The molecule has 1 aromatic heterocycles. The Labute approximate surface area is 208 Å². The van der Waals surface area contributed by atoms with Crippen molar-refractivity contribution in [3.8, 4) is 5.75 Å². The van der Waals surface area contributed by atoms with Gasteiger partial charge in [-0.05, 0) is 56.1 Å². The average molecular weight is 533 g/mol. The van der Waals surface area contributed by atoms with Crippen LogP contribution >= 0.6 is 0 Å². The number of furan rings is 1. The van der Waals surface area contributed by atoms with Gasteiger partial charge in [0.15, 0.2) is 0 Å². The molecule has 2 aliphatic rings. The van der Waals surface area contributed by atoms with Crippen molar-refractivity contribution in [2.45, 2.75) is 44.3 Å². The third-order valence-electron chi connectivity index (χ3n) is 6.20. The number of piperidine rings is 1. The number of ether oxygens (including phenoxy) is 1. The highest BCUT2D eigenvalue weighted by atomic mass is 32.2. The van der Waals surface area contributed by atoms with E-state index in [1.165, 1.54) is 0 Å². The summed E-state index contributed by atoms with van der Waals surface area (Å²) in [5.41, 5.74) is -0.171. The van der Waals surface area contributed by atoms with Crippen LogP contribution in [0.5, 0.6) is 5.75 Å². The lowest BCUT2D eigenvalue weighted by Crippen LogP contribution is -2.52. The fourth-order valence-electron chi connectivity index (χ4n) is 4.34. The molecule has 36 heavy (non-hydrogen) atoms. The van der Waals surface area contributed by atoms with Gasteiger partial charge < -0.3 is 14.3 Å². The zero-order valence-electron chi connectivity index (χ0n) is 20.2. The Morgan fingerprint density at radius 3 is 2.33 bits per heavy atom. The zero-order chi connectivity index (χ0) is 26.6. The first-order valence-corrected chi connectivity index (χ1v) is 13.0. The van der Waals surface area contributed by atoms with Crippen molar-refractivity contribution < 1.29 is 40.6 Å². The van der Waals surface area contributed by atoms with E-state index >= 15 is 0 Å². The van der Waals surface area contributed by atoms with Crippen molar-refractivity contribution in [2.24, 2.45) is 11.3 Å². The minimum atomic E-state index is -5.08. The highest BCUT2D eigenvalue weighted by Crippen LogP contribution is 2.39. The van der Waals surface area contributed by atoms with E-state index in [2.05, 4.69) is 18.7 Å². The van der Waals surface area contributed by atoms with Gasteiger partial charge in [0.2, 0.25) is 10.0 Å². The first kappa shape index (κ1) is 28.0. The number of alkyl halides is 3. The van der Waals surface area contributed by atoms with Crippen LogP contribution in [-0.4, -0.2) is 67.7 Å². The third kappa shape index (κ3) is 7.01. The van der Waals surface area contributed by atoms with Gasteiger partial charge >= 0.3 is 12.1 Å². The number of likely N-dealkylation sites (tertiary alicyclic amines) is 1. The molecule has 8 nitrogen and oxygen atoms in total. The van der Waals surface area contributed by atoms with Gasteiger partial charge in [0.25, 0.3) is 0 Å². The summed E-state index contributed by atoms with van der Waals surface area (Å²) < 4.78 is 71.9. The number of rotatable bonds is 4. The molecule has 2 aromatic rings. The second-order valence-corrected chi connectivity index (χ2v) is 11.5. The minimum absolute atomic E-state index is 0.171. The maximum Gasteiger partial charge on any atom is 0.490 e. The fourth-order valence-corrected chi connectivity index (χ4v) is 6.19. The summed E-state index contributed by atoms with van der Waals surface area (Å²) in [7, 11) is -3.59. The van der Waals surface area contributed by atoms with Gasteiger partial charge in [0.05, 0.1) is 19.4 Å². The van der Waals surface area contributed by atoms with Crippen LogP contribution in [0, 0.1) is 11.3 Å². The molecule has 0 radical (unpaired) electrons. The van der Waals surface area contributed by atoms with Crippen LogP contribution in [0.2, 0.25) is 0 Å². The van der Waals surface area contributed by atoms with Crippen molar-refractivity contribution in [1.29, 1.82) is 0 Å². The number of para-hydroxylation sites is 1. The second-order valence-electron chi connectivity index (χ2n) is 9.59. The third-order valence-corrected chi connectivity index (χ3v) is 8.05. The maximum absolute atomic E-state index is 13.4. The van der Waals surface area contributed by atoms with E-state index in [1.54, 1.807) is 28.8 Å². The van der Waals surface area contributed by atoms with Crippen molar-refractivity contribution >= 4 is 16.0 Å². The number of nitrogens with zero attached hydrogens (tertiary/aromatic N) is 2. The Morgan fingerprint density at radius 1 is 1.14 bits per heavy atom. The van der Waals surface area contributed by atoms with Gasteiger partial charge in [-0.1, -0.05) is 26.0 Å². The molecule has 1 spiro atoms. The Bertz CT molecular complexity index is 1110. The number of carboxylic acids is 1. The first-order valence-electron chi connectivity index (χ1n) is 11.6. The van der Waals surface area contributed by atoms with Crippen LogP contribution in [0.3, 0.4) is 0 Å². The number of hydrogen-bond donors (Lipinski definition) is 1. The van der Waals surface area contributed by atoms with Crippen LogP contribution in [0.1, 0.15) is 32.4 Å². The molecular formula is C24H31F3N2O6S. The SMILES string of the molecule is CC(C)CN1CC2(CCN(Cc3ccco3)CC2)COc2ccccc2S1(=O)=O.O=C(O)C(F)(F)F. The molecule has 3 heterocycles. The molecule has 12 heteroatoms. The summed E-state index contributed by atoms with van der Waals surface area (Å²) in [6.07, 6.45) is -1.57. The van der Waals surface area contributed by atoms with E-state index in [0.717, 1.165) is 38.2 Å². The van der Waals surface area contributed by atoms with Gasteiger partial charge in [-0.15, -0.1) is 0 Å². The van der Waals surface area contributed by atoms with Gasteiger partial charge in [-0.25, -0.2) is 13.2 Å². The van der Waals surface area contributed by atoms with E-state index in [9.17, 15) is 21.6 Å². The molecule has 1 aromatic carbocycles. The number of carbonyl (C=O) groups is 1. The summed E-state index contributed by atoms with van der Waals surface area (Å²) in [6.45, 7) is 8.31. The molecule has 0 atom stereocenters. The predicted octanol–water partition coefficient (Wildman–Crippen LogP) is 4.23. The lowest BCUT2D eigenvalue weighted by molar-refractivity contribution is -0.192. The molecule has 2 aliphatic heterocycles. The van der Waals surface area contributed by atoms with Crippen molar-refractivity contribution in [3.63, 3.8) is 0 Å². The van der Waals surface area contributed by atoms with Crippen molar-refractivity contribution in [2.75, 3.05) is 32.8 Å². The smallest absolute Gasteiger partial charge is 0.490 e. The summed E-state index contributed by atoms with van der Waals surface area (Å²) in [5.74, 6) is -1.06. The predicted molar refractivity (Wildman–Crippen MR) is 125 cm³/mol. The standard InChI is InChI=1S/C22H30N2O4S.C2HF3O2/c1-18(2)14-24-16-22(9-11-23(12-10-22)15-19-6-5-13-27-19)17-28-20-7-3-4-8-21(20)29(24,25)26;3-2(4,5)1(6)7/h3-8,13,18H,9-12,14-17H2,1-2H3;(H,6,7). The van der Waals surface area contributed by atoms with Crippen LogP contribution in [0.25, 0.3) is 0 Å². The summed E-state index contributed by atoms with van der Waals surface area (Å²) in [5, 5.41) is 7.12. The highest BCUT2D eigenvalue weighted by Gasteiger charge is 2.43. The number of hydrogen-bond acceptors (Lipinski definition) is 6. The van der Waals surface area contributed by atoms with Gasteiger partial charge in [-0.2, -0.15) is 17.5 Å².